The lowest BCUT2D eigenvalue weighted by Gasteiger charge is -2.37. The van der Waals surface area contributed by atoms with Crippen molar-refractivity contribution in [3.8, 4) is 5.75 Å². The molecule has 2 aliphatic rings. The number of rotatable bonds is 5. The van der Waals surface area contributed by atoms with Crippen LogP contribution in [0, 0.1) is 0 Å². The molecule has 3 rings (SSSR count). The van der Waals surface area contributed by atoms with Crippen LogP contribution in [0.4, 0.5) is 0 Å². The number of sulfonamides is 1. The molecule has 1 aromatic rings. The number of ether oxygens (including phenoxy) is 1. The zero-order chi connectivity index (χ0) is 16.3. The van der Waals surface area contributed by atoms with E-state index in [0.29, 0.717) is 36.4 Å². The number of hydrogen-bond acceptors (Lipinski definition) is 4. The van der Waals surface area contributed by atoms with Gasteiger partial charge >= 0.3 is 0 Å². The summed E-state index contributed by atoms with van der Waals surface area (Å²) in [7, 11) is -3.39. The summed E-state index contributed by atoms with van der Waals surface area (Å²) in [5, 5.41) is 0. The Morgan fingerprint density at radius 1 is 1.04 bits per heavy atom. The van der Waals surface area contributed by atoms with E-state index in [9.17, 15) is 8.42 Å². The first-order chi connectivity index (χ1) is 11.1. The highest BCUT2D eigenvalue weighted by Crippen LogP contribution is 2.26. The molecule has 1 saturated heterocycles. The van der Waals surface area contributed by atoms with Crippen LogP contribution in [-0.4, -0.2) is 56.5 Å². The summed E-state index contributed by atoms with van der Waals surface area (Å²) in [6.45, 7) is 5.36. The molecular weight excluding hydrogens is 312 g/mol. The van der Waals surface area contributed by atoms with Crippen LogP contribution < -0.4 is 4.74 Å². The molecule has 0 atom stereocenters. The lowest BCUT2D eigenvalue weighted by atomic mass is 10.2. The number of benzene rings is 1. The van der Waals surface area contributed by atoms with Crippen molar-refractivity contribution in [3.63, 3.8) is 0 Å². The molecule has 128 valence electrons. The van der Waals surface area contributed by atoms with E-state index in [1.54, 1.807) is 28.6 Å². The summed E-state index contributed by atoms with van der Waals surface area (Å²) in [5.41, 5.74) is 0. The van der Waals surface area contributed by atoms with E-state index in [2.05, 4.69) is 4.90 Å². The fraction of sp³-hybridized carbons (Fsp3) is 0.647. The first-order valence-corrected chi connectivity index (χ1v) is 10.0. The van der Waals surface area contributed by atoms with E-state index in [1.165, 1.54) is 25.7 Å². The van der Waals surface area contributed by atoms with E-state index < -0.39 is 10.0 Å². The lowest BCUT2D eigenvalue weighted by molar-refractivity contribution is 0.139. The standard InChI is InChI=1S/C17H26N2O3S/c1-2-22-16-7-9-17(10-8-16)23(20,21)19-13-11-18(12-14-19)15-5-3-4-6-15/h7-10,15H,2-6,11-14H2,1H3. The molecule has 0 amide bonds. The number of nitrogens with zero attached hydrogens (tertiary/aromatic N) is 2. The van der Waals surface area contributed by atoms with E-state index in [0.717, 1.165) is 13.1 Å². The Morgan fingerprint density at radius 3 is 2.22 bits per heavy atom. The molecule has 0 spiro atoms. The fourth-order valence-electron chi connectivity index (χ4n) is 3.60. The van der Waals surface area contributed by atoms with Crippen LogP contribution in [0.25, 0.3) is 0 Å². The first kappa shape index (κ1) is 16.7. The zero-order valence-electron chi connectivity index (χ0n) is 13.8. The monoisotopic (exact) mass is 338 g/mol. The van der Waals surface area contributed by atoms with E-state index in [4.69, 9.17) is 4.74 Å². The average Bonchev–Trinajstić information content (AvgIpc) is 3.10. The SMILES string of the molecule is CCOc1ccc(S(=O)(=O)N2CCN(C3CCCC3)CC2)cc1. The molecule has 0 radical (unpaired) electrons. The van der Waals surface area contributed by atoms with E-state index >= 15 is 0 Å². The molecule has 0 bridgehead atoms. The molecule has 1 aliphatic heterocycles. The van der Waals surface area contributed by atoms with Crippen LogP contribution in [-0.2, 0) is 10.0 Å². The van der Waals surface area contributed by atoms with Crippen molar-refractivity contribution < 1.29 is 13.2 Å². The van der Waals surface area contributed by atoms with Crippen molar-refractivity contribution in [2.24, 2.45) is 0 Å². The predicted molar refractivity (Wildman–Crippen MR) is 90.2 cm³/mol. The zero-order valence-corrected chi connectivity index (χ0v) is 14.6. The highest BCUT2D eigenvalue weighted by molar-refractivity contribution is 7.89. The van der Waals surface area contributed by atoms with Gasteiger partial charge in [-0.05, 0) is 44.0 Å². The molecule has 23 heavy (non-hydrogen) atoms. The minimum atomic E-state index is -3.39. The third-order valence-corrected chi connectivity index (χ3v) is 6.80. The smallest absolute Gasteiger partial charge is 0.243 e. The summed E-state index contributed by atoms with van der Waals surface area (Å²) in [4.78, 5) is 2.83. The van der Waals surface area contributed by atoms with Crippen molar-refractivity contribution >= 4 is 10.0 Å². The summed E-state index contributed by atoms with van der Waals surface area (Å²) in [6, 6.07) is 7.41. The van der Waals surface area contributed by atoms with Gasteiger partial charge in [-0.2, -0.15) is 4.31 Å². The molecule has 1 heterocycles. The molecule has 0 unspecified atom stereocenters. The molecule has 5 nitrogen and oxygen atoms in total. The Morgan fingerprint density at radius 2 is 1.65 bits per heavy atom. The highest BCUT2D eigenvalue weighted by Gasteiger charge is 2.31. The maximum atomic E-state index is 12.8. The number of hydrogen-bond donors (Lipinski definition) is 0. The van der Waals surface area contributed by atoms with Gasteiger partial charge in [0.2, 0.25) is 10.0 Å². The second-order valence-electron chi connectivity index (χ2n) is 6.28. The third-order valence-electron chi connectivity index (χ3n) is 4.89. The van der Waals surface area contributed by atoms with Gasteiger partial charge in [-0.3, -0.25) is 4.90 Å². The molecule has 0 aromatic heterocycles. The van der Waals surface area contributed by atoms with Gasteiger partial charge in [0.1, 0.15) is 5.75 Å². The quantitative estimate of drug-likeness (QED) is 0.827. The van der Waals surface area contributed by atoms with Gasteiger partial charge in [0.25, 0.3) is 0 Å². The highest BCUT2D eigenvalue weighted by atomic mass is 32.2. The first-order valence-electron chi connectivity index (χ1n) is 8.58. The second-order valence-corrected chi connectivity index (χ2v) is 8.22. The largest absolute Gasteiger partial charge is 0.494 e. The Kier molecular flexibility index (Phi) is 5.24. The van der Waals surface area contributed by atoms with Gasteiger partial charge in [0, 0.05) is 32.2 Å². The van der Waals surface area contributed by atoms with Crippen molar-refractivity contribution in [1.29, 1.82) is 0 Å². The molecule has 0 N–H and O–H groups in total. The second kappa shape index (κ2) is 7.20. The average molecular weight is 338 g/mol. The normalized spacial score (nSPS) is 21.6. The lowest BCUT2D eigenvalue weighted by Crippen LogP contribution is -2.51. The summed E-state index contributed by atoms with van der Waals surface area (Å²) < 4.78 is 32.5. The topological polar surface area (TPSA) is 49.9 Å². The minimum absolute atomic E-state index is 0.357. The van der Waals surface area contributed by atoms with E-state index in [1.807, 2.05) is 6.92 Å². The van der Waals surface area contributed by atoms with Crippen molar-refractivity contribution in [2.75, 3.05) is 32.8 Å². The Hall–Kier alpha value is -1.11. The van der Waals surface area contributed by atoms with Crippen molar-refractivity contribution in [2.45, 2.75) is 43.5 Å². The Balaban J connectivity index is 1.63. The number of piperazine rings is 1. The molecule has 1 aliphatic carbocycles. The van der Waals surface area contributed by atoms with Crippen molar-refractivity contribution in [1.82, 2.24) is 9.21 Å². The predicted octanol–water partition coefficient (Wildman–Crippen LogP) is 2.33. The van der Waals surface area contributed by atoms with Crippen LogP contribution in [0.5, 0.6) is 5.75 Å². The summed E-state index contributed by atoms with van der Waals surface area (Å²) in [6.07, 6.45) is 5.17. The maximum absolute atomic E-state index is 12.8. The van der Waals surface area contributed by atoms with Gasteiger partial charge in [-0.25, -0.2) is 8.42 Å². The van der Waals surface area contributed by atoms with Crippen molar-refractivity contribution in [3.05, 3.63) is 24.3 Å². The molecule has 1 aromatic carbocycles. The molecule has 2 fully saturated rings. The summed E-state index contributed by atoms with van der Waals surface area (Å²) >= 11 is 0. The van der Waals surface area contributed by atoms with Crippen LogP contribution in [0.1, 0.15) is 32.6 Å². The van der Waals surface area contributed by atoms with Crippen LogP contribution in [0.2, 0.25) is 0 Å². The van der Waals surface area contributed by atoms with Gasteiger partial charge in [0.05, 0.1) is 11.5 Å². The Labute approximate surface area is 139 Å². The third kappa shape index (κ3) is 3.70. The maximum Gasteiger partial charge on any atom is 0.243 e. The molecular formula is C17H26N2O3S. The van der Waals surface area contributed by atoms with E-state index in [-0.39, 0.29) is 0 Å². The molecule has 1 saturated carbocycles. The van der Waals surface area contributed by atoms with Crippen LogP contribution in [0.15, 0.2) is 29.2 Å². The van der Waals surface area contributed by atoms with Gasteiger partial charge < -0.3 is 4.74 Å². The van der Waals surface area contributed by atoms with Crippen LogP contribution in [0.3, 0.4) is 0 Å². The summed E-state index contributed by atoms with van der Waals surface area (Å²) in [5.74, 6) is 0.706. The van der Waals surface area contributed by atoms with Gasteiger partial charge in [-0.15, -0.1) is 0 Å². The fourth-order valence-corrected chi connectivity index (χ4v) is 5.02. The Bertz CT molecular complexity index is 601. The van der Waals surface area contributed by atoms with Gasteiger partial charge in [-0.1, -0.05) is 12.8 Å². The van der Waals surface area contributed by atoms with Crippen LogP contribution >= 0.6 is 0 Å². The molecule has 6 heteroatoms. The minimum Gasteiger partial charge on any atom is -0.494 e. The van der Waals surface area contributed by atoms with Gasteiger partial charge in [0.15, 0.2) is 0 Å².